The Kier molecular flexibility index (Phi) is 7.00. The fourth-order valence-corrected chi connectivity index (χ4v) is 4.92. The molecule has 0 radical (unpaired) electrons. The van der Waals surface area contributed by atoms with Gasteiger partial charge in [0.05, 0.1) is 16.7 Å². The second kappa shape index (κ2) is 9.35. The molecule has 0 N–H and O–H groups in total. The van der Waals surface area contributed by atoms with E-state index >= 15 is 0 Å². The van der Waals surface area contributed by atoms with Gasteiger partial charge in [-0.15, -0.1) is 0 Å². The highest BCUT2D eigenvalue weighted by Crippen LogP contribution is 2.38. The number of sulfonamides is 1. The normalized spacial score (nSPS) is 22.4. The standard InChI is InChI=1S/C21H28N2O7S/c1-14(23-19(24)17-6-4-5-7-18(17)20(23)25)21(26)30-13-12-29-15-8-10-16(11-9-15)31(27,28)22(2)3/h8-11,14,17-18H,4-7,12-13H2,1-3H3/t14-,17?,18?/m0/s1. The van der Waals surface area contributed by atoms with Crippen LogP contribution in [0.15, 0.2) is 29.2 Å². The molecule has 1 aliphatic heterocycles. The molecule has 1 saturated heterocycles. The van der Waals surface area contributed by atoms with Crippen LogP contribution in [0.5, 0.6) is 5.75 Å². The van der Waals surface area contributed by atoms with Gasteiger partial charge in [0, 0.05) is 14.1 Å². The van der Waals surface area contributed by atoms with Gasteiger partial charge in [-0.2, -0.15) is 0 Å². The van der Waals surface area contributed by atoms with Crippen LogP contribution in [0.1, 0.15) is 32.6 Å². The quantitative estimate of drug-likeness (QED) is 0.333. The van der Waals surface area contributed by atoms with Crippen LogP contribution in [-0.4, -0.2) is 68.8 Å². The number of imide groups is 1. The minimum atomic E-state index is -3.52. The molecule has 1 saturated carbocycles. The summed E-state index contributed by atoms with van der Waals surface area (Å²) in [4.78, 5) is 38.7. The minimum Gasteiger partial charge on any atom is -0.490 e. The van der Waals surface area contributed by atoms with Crippen molar-refractivity contribution in [3.05, 3.63) is 24.3 Å². The summed E-state index contributed by atoms with van der Waals surface area (Å²) in [5.74, 6) is -1.39. The van der Waals surface area contributed by atoms with Crippen LogP contribution in [0.25, 0.3) is 0 Å². The van der Waals surface area contributed by atoms with Crippen molar-refractivity contribution in [2.24, 2.45) is 11.8 Å². The van der Waals surface area contributed by atoms with Crippen LogP contribution in [0, 0.1) is 11.8 Å². The van der Waals surface area contributed by atoms with Crippen LogP contribution in [0.4, 0.5) is 0 Å². The highest BCUT2D eigenvalue weighted by molar-refractivity contribution is 7.89. The van der Waals surface area contributed by atoms with Crippen molar-refractivity contribution >= 4 is 27.8 Å². The molecule has 2 fully saturated rings. The van der Waals surface area contributed by atoms with Gasteiger partial charge in [0.15, 0.2) is 0 Å². The molecule has 2 aliphatic rings. The predicted molar refractivity (Wildman–Crippen MR) is 111 cm³/mol. The van der Waals surface area contributed by atoms with Gasteiger partial charge in [-0.3, -0.25) is 14.5 Å². The third-order valence-corrected chi connectivity index (χ3v) is 7.63. The molecule has 10 heteroatoms. The number of ether oxygens (including phenoxy) is 2. The summed E-state index contributed by atoms with van der Waals surface area (Å²) >= 11 is 0. The Hall–Kier alpha value is -2.46. The zero-order chi connectivity index (χ0) is 22.8. The second-order valence-corrected chi connectivity index (χ2v) is 10.1. The van der Waals surface area contributed by atoms with E-state index in [9.17, 15) is 22.8 Å². The SMILES string of the molecule is C[C@@H](C(=O)OCCOc1ccc(S(=O)(=O)N(C)C)cc1)N1C(=O)C2CCCCC2C1=O. The zero-order valence-corrected chi connectivity index (χ0v) is 18.8. The number of carbonyl (C=O) groups excluding carboxylic acids is 3. The molecule has 31 heavy (non-hydrogen) atoms. The van der Waals surface area contributed by atoms with Crippen molar-refractivity contribution < 1.29 is 32.3 Å². The molecular formula is C21H28N2O7S. The van der Waals surface area contributed by atoms with Gasteiger partial charge in [-0.05, 0) is 44.0 Å². The molecule has 9 nitrogen and oxygen atoms in total. The fraction of sp³-hybridized carbons (Fsp3) is 0.571. The first-order valence-corrected chi connectivity index (χ1v) is 11.8. The van der Waals surface area contributed by atoms with Crippen molar-refractivity contribution in [3.63, 3.8) is 0 Å². The highest BCUT2D eigenvalue weighted by atomic mass is 32.2. The second-order valence-electron chi connectivity index (χ2n) is 7.99. The molecule has 3 atom stereocenters. The molecule has 1 aliphatic carbocycles. The predicted octanol–water partition coefficient (Wildman–Crippen LogP) is 1.42. The van der Waals surface area contributed by atoms with Gasteiger partial charge in [0.2, 0.25) is 21.8 Å². The Balaban J connectivity index is 1.48. The molecule has 170 valence electrons. The van der Waals surface area contributed by atoms with E-state index in [1.165, 1.54) is 45.3 Å². The first-order chi connectivity index (χ1) is 14.6. The Bertz CT molecular complexity index is 919. The summed E-state index contributed by atoms with van der Waals surface area (Å²) in [6, 6.07) is 4.93. The number of hydrogen-bond acceptors (Lipinski definition) is 7. The topological polar surface area (TPSA) is 110 Å². The lowest BCUT2D eigenvalue weighted by Gasteiger charge is -2.21. The third kappa shape index (κ3) is 4.74. The number of likely N-dealkylation sites (tertiary alicyclic amines) is 1. The van der Waals surface area contributed by atoms with Gasteiger partial charge in [0.1, 0.15) is 25.0 Å². The summed E-state index contributed by atoms with van der Waals surface area (Å²) in [5.41, 5.74) is 0. The molecule has 0 aromatic heterocycles. The summed E-state index contributed by atoms with van der Waals surface area (Å²) in [5, 5.41) is 0. The van der Waals surface area contributed by atoms with Crippen LogP contribution < -0.4 is 4.74 Å². The average Bonchev–Trinajstić information content (AvgIpc) is 3.01. The molecule has 1 aromatic carbocycles. The maximum atomic E-state index is 12.6. The molecule has 1 heterocycles. The van der Waals surface area contributed by atoms with Gasteiger partial charge < -0.3 is 9.47 Å². The van der Waals surface area contributed by atoms with E-state index in [0.29, 0.717) is 18.6 Å². The monoisotopic (exact) mass is 452 g/mol. The Morgan fingerprint density at radius 2 is 1.61 bits per heavy atom. The number of hydrogen-bond donors (Lipinski definition) is 0. The van der Waals surface area contributed by atoms with Crippen molar-refractivity contribution in [1.82, 2.24) is 9.21 Å². The first-order valence-electron chi connectivity index (χ1n) is 10.3. The van der Waals surface area contributed by atoms with Gasteiger partial charge in [0.25, 0.3) is 0 Å². The largest absolute Gasteiger partial charge is 0.490 e. The van der Waals surface area contributed by atoms with E-state index in [4.69, 9.17) is 9.47 Å². The summed E-state index contributed by atoms with van der Waals surface area (Å²) < 4.78 is 35.9. The summed E-state index contributed by atoms with van der Waals surface area (Å²) in [6.07, 6.45) is 3.23. The van der Waals surface area contributed by atoms with Crippen LogP contribution in [0.2, 0.25) is 0 Å². The molecule has 0 spiro atoms. The maximum Gasteiger partial charge on any atom is 0.329 e. The van der Waals surface area contributed by atoms with Gasteiger partial charge in [-0.1, -0.05) is 12.8 Å². The van der Waals surface area contributed by atoms with Crippen LogP contribution >= 0.6 is 0 Å². The first kappa shape index (κ1) is 23.2. The van der Waals surface area contributed by atoms with E-state index in [-0.39, 0.29) is 41.8 Å². The lowest BCUT2D eigenvalue weighted by atomic mass is 9.81. The van der Waals surface area contributed by atoms with Crippen molar-refractivity contribution in [2.75, 3.05) is 27.3 Å². The van der Waals surface area contributed by atoms with E-state index < -0.39 is 22.0 Å². The lowest BCUT2D eigenvalue weighted by Crippen LogP contribution is -2.44. The molecule has 2 unspecified atom stereocenters. The van der Waals surface area contributed by atoms with Crippen molar-refractivity contribution in [2.45, 2.75) is 43.5 Å². The lowest BCUT2D eigenvalue weighted by molar-refractivity contribution is -0.158. The van der Waals surface area contributed by atoms with E-state index in [0.717, 1.165) is 22.0 Å². The smallest absolute Gasteiger partial charge is 0.329 e. The number of rotatable bonds is 8. The molecule has 2 amide bonds. The van der Waals surface area contributed by atoms with Crippen LogP contribution in [-0.2, 0) is 29.1 Å². The number of fused-ring (bicyclic) bond motifs is 1. The van der Waals surface area contributed by atoms with Crippen LogP contribution in [0.3, 0.4) is 0 Å². The summed E-state index contributed by atoms with van der Waals surface area (Å²) in [6.45, 7) is 1.48. The summed E-state index contributed by atoms with van der Waals surface area (Å²) in [7, 11) is -0.615. The van der Waals surface area contributed by atoms with E-state index in [1.54, 1.807) is 0 Å². The van der Waals surface area contributed by atoms with Gasteiger partial charge in [-0.25, -0.2) is 17.5 Å². The number of carbonyl (C=O) groups is 3. The molecule has 3 rings (SSSR count). The zero-order valence-electron chi connectivity index (χ0n) is 17.9. The third-order valence-electron chi connectivity index (χ3n) is 5.80. The molecule has 1 aromatic rings. The fourth-order valence-electron chi connectivity index (χ4n) is 4.02. The minimum absolute atomic E-state index is 0.0470. The number of benzene rings is 1. The molecular weight excluding hydrogens is 424 g/mol. The Morgan fingerprint density at radius 1 is 1.06 bits per heavy atom. The average molecular weight is 453 g/mol. The number of esters is 1. The number of amides is 2. The van der Waals surface area contributed by atoms with Gasteiger partial charge >= 0.3 is 5.97 Å². The van der Waals surface area contributed by atoms with Crippen molar-refractivity contribution in [3.8, 4) is 5.75 Å². The van der Waals surface area contributed by atoms with E-state index in [1.807, 2.05) is 0 Å². The Morgan fingerprint density at radius 3 is 2.13 bits per heavy atom. The van der Waals surface area contributed by atoms with E-state index in [2.05, 4.69) is 0 Å². The molecule has 0 bridgehead atoms. The maximum absolute atomic E-state index is 12.6. The van der Waals surface area contributed by atoms with Crippen molar-refractivity contribution in [1.29, 1.82) is 0 Å². The number of nitrogens with zero attached hydrogens (tertiary/aromatic N) is 2. The highest BCUT2D eigenvalue weighted by Gasteiger charge is 2.51. The Labute approximate surface area is 182 Å².